The van der Waals surface area contributed by atoms with Crippen molar-refractivity contribution >= 4 is 28.7 Å². The van der Waals surface area contributed by atoms with Gasteiger partial charge in [0.1, 0.15) is 5.82 Å². The van der Waals surface area contributed by atoms with E-state index < -0.39 is 0 Å². The Morgan fingerprint density at radius 1 is 0.923 bits per heavy atom. The van der Waals surface area contributed by atoms with E-state index in [4.69, 9.17) is 0 Å². The highest BCUT2D eigenvalue weighted by molar-refractivity contribution is 6.02. The van der Waals surface area contributed by atoms with Gasteiger partial charge in [-0.05, 0) is 29.8 Å². The quantitative estimate of drug-likeness (QED) is 0.521. The van der Waals surface area contributed by atoms with Gasteiger partial charge in [0.15, 0.2) is 0 Å². The maximum absolute atomic E-state index is 12.1. The normalized spacial score (nSPS) is 11.1. The number of nitrogens with zero attached hydrogens (tertiary/aromatic N) is 1. The van der Waals surface area contributed by atoms with Crippen molar-refractivity contribution < 1.29 is 4.79 Å². The number of amides is 1. The lowest BCUT2D eigenvalue weighted by Gasteiger charge is -2.01. The van der Waals surface area contributed by atoms with Crippen LogP contribution in [0.25, 0.3) is 28.5 Å². The summed E-state index contributed by atoms with van der Waals surface area (Å²) in [5.41, 5.74) is 4.48. The summed E-state index contributed by atoms with van der Waals surface area (Å²) in [6.45, 7) is 0. The molecule has 2 N–H and O–H groups in total. The first-order valence-electron chi connectivity index (χ1n) is 8.37. The second kappa shape index (κ2) is 7.07. The molecule has 0 bridgehead atoms. The molecule has 126 valence electrons. The third-order valence-corrected chi connectivity index (χ3v) is 4.02. The number of hydrogen-bond donors (Lipinski definition) is 2. The fraction of sp³-hybridized carbons (Fsp3) is 0. The number of rotatable bonds is 4. The Hall–Kier alpha value is -3.66. The third-order valence-electron chi connectivity index (χ3n) is 4.02. The number of anilines is 1. The van der Waals surface area contributed by atoms with Crippen LogP contribution in [-0.2, 0) is 4.79 Å². The molecule has 0 aliphatic rings. The average molecular weight is 339 g/mol. The number of carbonyl (C=O) groups is 1. The van der Waals surface area contributed by atoms with Crippen LogP contribution in [0.15, 0.2) is 84.9 Å². The van der Waals surface area contributed by atoms with Crippen molar-refractivity contribution in [3.05, 3.63) is 90.5 Å². The number of hydrogen-bond acceptors (Lipinski definition) is 2. The van der Waals surface area contributed by atoms with E-state index >= 15 is 0 Å². The summed E-state index contributed by atoms with van der Waals surface area (Å²) in [5.74, 6) is 0.643. The molecule has 4 rings (SSSR count). The lowest BCUT2D eigenvalue weighted by Crippen LogP contribution is -2.07. The summed E-state index contributed by atoms with van der Waals surface area (Å²) in [4.78, 5) is 20.0. The van der Waals surface area contributed by atoms with Crippen molar-refractivity contribution in [1.82, 2.24) is 9.97 Å². The largest absolute Gasteiger partial charge is 0.338 e. The fourth-order valence-electron chi connectivity index (χ4n) is 2.74. The van der Waals surface area contributed by atoms with Gasteiger partial charge in [-0.25, -0.2) is 4.98 Å². The molecule has 0 saturated carbocycles. The Balaban J connectivity index is 1.52. The third kappa shape index (κ3) is 3.54. The molecule has 26 heavy (non-hydrogen) atoms. The standard InChI is InChI=1S/C22H17N3O/c26-21(14-11-16-7-3-1-4-8-16)23-18-12-13-19-20(15-18)25-22(24-19)17-9-5-2-6-10-17/h1-15H,(H,23,26)(H,24,25). The van der Waals surface area contributed by atoms with Gasteiger partial charge < -0.3 is 10.3 Å². The molecule has 0 radical (unpaired) electrons. The van der Waals surface area contributed by atoms with Crippen LogP contribution in [0.3, 0.4) is 0 Å². The van der Waals surface area contributed by atoms with Gasteiger partial charge in [-0.1, -0.05) is 60.7 Å². The van der Waals surface area contributed by atoms with Gasteiger partial charge in [0, 0.05) is 17.3 Å². The summed E-state index contributed by atoms with van der Waals surface area (Å²) >= 11 is 0. The number of nitrogens with one attached hydrogen (secondary N) is 2. The van der Waals surface area contributed by atoms with Crippen LogP contribution in [0.1, 0.15) is 5.56 Å². The molecule has 0 aliphatic carbocycles. The van der Waals surface area contributed by atoms with E-state index in [9.17, 15) is 4.79 Å². The molecule has 4 aromatic rings. The first kappa shape index (κ1) is 15.8. The Morgan fingerprint density at radius 3 is 2.42 bits per heavy atom. The van der Waals surface area contributed by atoms with Crippen LogP contribution in [-0.4, -0.2) is 15.9 Å². The number of fused-ring (bicyclic) bond motifs is 1. The van der Waals surface area contributed by atoms with Crippen LogP contribution in [0.4, 0.5) is 5.69 Å². The number of H-pyrrole nitrogens is 1. The molecule has 0 unspecified atom stereocenters. The molecule has 0 fully saturated rings. The molecule has 1 aromatic heterocycles. The van der Waals surface area contributed by atoms with E-state index in [0.29, 0.717) is 0 Å². The van der Waals surface area contributed by atoms with Crippen LogP contribution in [0.5, 0.6) is 0 Å². The zero-order valence-corrected chi connectivity index (χ0v) is 14.0. The summed E-state index contributed by atoms with van der Waals surface area (Å²) in [5, 5.41) is 2.88. The summed E-state index contributed by atoms with van der Waals surface area (Å²) in [6.07, 6.45) is 3.32. The average Bonchev–Trinajstić information content (AvgIpc) is 3.11. The predicted octanol–water partition coefficient (Wildman–Crippen LogP) is 4.88. The van der Waals surface area contributed by atoms with Crippen molar-refractivity contribution in [2.24, 2.45) is 0 Å². The highest BCUT2D eigenvalue weighted by Gasteiger charge is 2.06. The number of benzene rings is 3. The van der Waals surface area contributed by atoms with E-state index in [0.717, 1.165) is 33.7 Å². The van der Waals surface area contributed by atoms with Crippen LogP contribution < -0.4 is 5.32 Å². The summed E-state index contributed by atoms with van der Waals surface area (Å²) in [6, 6.07) is 25.3. The van der Waals surface area contributed by atoms with E-state index in [1.54, 1.807) is 6.08 Å². The number of imidazole rings is 1. The van der Waals surface area contributed by atoms with Crippen LogP contribution >= 0.6 is 0 Å². The molecule has 4 heteroatoms. The summed E-state index contributed by atoms with van der Waals surface area (Å²) < 4.78 is 0. The van der Waals surface area contributed by atoms with Gasteiger partial charge in [0.25, 0.3) is 0 Å². The first-order valence-corrected chi connectivity index (χ1v) is 8.37. The molecule has 1 heterocycles. The molecule has 0 aliphatic heterocycles. The SMILES string of the molecule is O=C(C=Cc1ccccc1)Nc1ccc2nc(-c3ccccc3)[nH]c2c1. The topological polar surface area (TPSA) is 57.8 Å². The Morgan fingerprint density at radius 2 is 1.65 bits per heavy atom. The van der Waals surface area contributed by atoms with Gasteiger partial charge >= 0.3 is 0 Å². The van der Waals surface area contributed by atoms with Crippen molar-refractivity contribution in [1.29, 1.82) is 0 Å². The van der Waals surface area contributed by atoms with E-state index in [1.807, 2.05) is 78.9 Å². The van der Waals surface area contributed by atoms with Crippen LogP contribution in [0, 0.1) is 0 Å². The highest BCUT2D eigenvalue weighted by Crippen LogP contribution is 2.22. The van der Waals surface area contributed by atoms with Crippen molar-refractivity contribution in [3.63, 3.8) is 0 Å². The number of carbonyl (C=O) groups excluding carboxylic acids is 1. The monoisotopic (exact) mass is 339 g/mol. The second-order valence-corrected chi connectivity index (χ2v) is 5.92. The molecule has 4 nitrogen and oxygen atoms in total. The lowest BCUT2D eigenvalue weighted by molar-refractivity contribution is -0.111. The minimum absolute atomic E-state index is 0.170. The smallest absolute Gasteiger partial charge is 0.248 e. The van der Waals surface area contributed by atoms with Gasteiger partial charge in [-0.3, -0.25) is 4.79 Å². The molecule has 0 spiro atoms. The van der Waals surface area contributed by atoms with Crippen molar-refractivity contribution in [3.8, 4) is 11.4 Å². The minimum Gasteiger partial charge on any atom is -0.338 e. The Kier molecular flexibility index (Phi) is 4.31. The van der Waals surface area contributed by atoms with Crippen molar-refractivity contribution in [2.75, 3.05) is 5.32 Å². The minimum atomic E-state index is -0.170. The first-order chi connectivity index (χ1) is 12.8. The second-order valence-electron chi connectivity index (χ2n) is 5.92. The molecular weight excluding hydrogens is 322 g/mol. The summed E-state index contributed by atoms with van der Waals surface area (Å²) in [7, 11) is 0. The zero-order chi connectivity index (χ0) is 17.8. The van der Waals surface area contributed by atoms with Crippen molar-refractivity contribution in [2.45, 2.75) is 0 Å². The lowest BCUT2D eigenvalue weighted by atomic mass is 10.2. The maximum Gasteiger partial charge on any atom is 0.248 e. The van der Waals surface area contributed by atoms with E-state index in [1.165, 1.54) is 6.08 Å². The molecular formula is C22H17N3O. The molecule has 3 aromatic carbocycles. The number of aromatic amines is 1. The fourth-order valence-corrected chi connectivity index (χ4v) is 2.74. The Labute approximate surface area is 151 Å². The Bertz CT molecular complexity index is 1070. The van der Waals surface area contributed by atoms with E-state index in [2.05, 4.69) is 15.3 Å². The maximum atomic E-state index is 12.1. The zero-order valence-electron chi connectivity index (χ0n) is 14.0. The molecule has 0 atom stereocenters. The van der Waals surface area contributed by atoms with Gasteiger partial charge in [0.05, 0.1) is 11.0 Å². The number of aromatic nitrogens is 2. The van der Waals surface area contributed by atoms with Gasteiger partial charge in [0.2, 0.25) is 5.91 Å². The predicted molar refractivity (Wildman–Crippen MR) is 106 cm³/mol. The van der Waals surface area contributed by atoms with Gasteiger partial charge in [-0.15, -0.1) is 0 Å². The van der Waals surface area contributed by atoms with Gasteiger partial charge in [-0.2, -0.15) is 0 Å². The molecule has 0 saturated heterocycles. The van der Waals surface area contributed by atoms with Crippen LogP contribution in [0.2, 0.25) is 0 Å². The highest BCUT2D eigenvalue weighted by atomic mass is 16.1. The van der Waals surface area contributed by atoms with E-state index in [-0.39, 0.29) is 5.91 Å². The molecule has 1 amide bonds.